The van der Waals surface area contributed by atoms with Crippen LogP contribution in [0.3, 0.4) is 0 Å². The molecule has 2 saturated heterocycles. The molecule has 0 aromatic carbocycles. The van der Waals surface area contributed by atoms with Gasteiger partial charge in [0.2, 0.25) is 0 Å². The van der Waals surface area contributed by atoms with Gasteiger partial charge >= 0.3 is 0 Å². The molecule has 26 heavy (non-hydrogen) atoms. The second kappa shape index (κ2) is 7.65. The fraction of sp³-hybridized carbons (Fsp3) is 0.647. The van der Waals surface area contributed by atoms with Crippen molar-refractivity contribution in [2.45, 2.75) is 31.6 Å². The van der Waals surface area contributed by atoms with E-state index in [2.05, 4.69) is 26.9 Å². The average molecular weight is 360 g/mol. The third-order valence-electron chi connectivity index (χ3n) is 4.81. The molecule has 4 rings (SSSR count). The molecule has 140 valence electrons. The van der Waals surface area contributed by atoms with E-state index in [0.717, 1.165) is 31.6 Å². The van der Waals surface area contributed by atoms with Crippen molar-refractivity contribution in [2.24, 2.45) is 4.99 Å². The quantitative estimate of drug-likeness (QED) is 0.722. The first-order chi connectivity index (χ1) is 12.8. The molecule has 4 heterocycles. The van der Waals surface area contributed by atoms with Gasteiger partial charge in [0.15, 0.2) is 23.2 Å². The average Bonchev–Trinajstić information content (AvgIpc) is 3.36. The Kier molecular flexibility index (Phi) is 5.09. The summed E-state index contributed by atoms with van der Waals surface area (Å²) in [7, 11) is 3.72. The predicted molar refractivity (Wildman–Crippen MR) is 95.5 cm³/mol. The Hall–Kier alpha value is -2.10. The van der Waals surface area contributed by atoms with Crippen molar-refractivity contribution in [3.05, 3.63) is 12.7 Å². The summed E-state index contributed by atoms with van der Waals surface area (Å²) in [6.07, 6.45) is 5.89. The molecule has 0 amide bonds. The molecular weight excluding hydrogens is 336 g/mol. The Balaban J connectivity index is 1.62. The number of aliphatic imine (C=N–C) groups is 1. The highest BCUT2D eigenvalue weighted by molar-refractivity contribution is 5.90. The third-order valence-corrected chi connectivity index (χ3v) is 4.81. The largest absolute Gasteiger partial charge is 0.382 e. The summed E-state index contributed by atoms with van der Waals surface area (Å²) in [6, 6.07) is 0. The van der Waals surface area contributed by atoms with Gasteiger partial charge in [0, 0.05) is 33.5 Å². The molecule has 2 fully saturated rings. The first kappa shape index (κ1) is 17.3. The minimum atomic E-state index is -0.249. The number of aromatic nitrogens is 4. The van der Waals surface area contributed by atoms with Gasteiger partial charge < -0.3 is 19.1 Å². The molecular formula is C17H24N6O3. The van der Waals surface area contributed by atoms with Crippen molar-refractivity contribution in [3.8, 4) is 0 Å². The fourth-order valence-corrected chi connectivity index (χ4v) is 3.43. The van der Waals surface area contributed by atoms with Crippen molar-refractivity contribution in [1.82, 2.24) is 24.4 Å². The molecule has 0 radical (unpaired) electrons. The van der Waals surface area contributed by atoms with Crippen LogP contribution in [0.25, 0.3) is 11.2 Å². The van der Waals surface area contributed by atoms with Crippen molar-refractivity contribution in [3.63, 3.8) is 0 Å². The van der Waals surface area contributed by atoms with E-state index in [0.29, 0.717) is 36.8 Å². The zero-order valence-corrected chi connectivity index (χ0v) is 15.2. The minimum Gasteiger partial charge on any atom is -0.382 e. The fourth-order valence-electron chi connectivity index (χ4n) is 3.43. The number of hydrogen-bond donors (Lipinski definition) is 0. The molecule has 0 N–H and O–H groups in total. The molecule has 2 aromatic heterocycles. The molecule has 0 bridgehead atoms. The first-order valence-electron chi connectivity index (χ1n) is 8.96. The van der Waals surface area contributed by atoms with Gasteiger partial charge in [-0.05, 0) is 6.42 Å². The smallest absolute Gasteiger partial charge is 0.185 e. The number of nitrogens with zero attached hydrogens (tertiary/aromatic N) is 6. The summed E-state index contributed by atoms with van der Waals surface area (Å²) in [5.74, 6) is 1.64. The lowest BCUT2D eigenvalue weighted by atomic mass is 10.2. The van der Waals surface area contributed by atoms with Gasteiger partial charge in [-0.3, -0.25) is 4.57 Å². The van der Waals surface area contributed by atoms with E-state index in [-0.39, 0.29) is 12.3 Å². The van der Waals surface area contributed by atoms with Crippen LogP contribution in [0, 0.1) is 0 Å². The van der Waals surface area contributed by atoms with Crippen LogP contribution in [0.1, 0.15) is 25.5 Å². The predicted octanol–water partition coefficient (Wildman–Crippen LogP) is 1.53. The van der Waals surface area contributed by atoms with E-state index in [1.165, 1.54) is 6.33 Å². The number of ether oxygens (including phenoxy) is 3. The lowest BCUT2D eigenvalue weighted by Crippen LogP contribution is -2.24. The number of imidazole rings is 1. The van der Waals surface area contributed by atoms with E-state index < -0.39 is 0 Å². The maximum absolute atomic E-state index is 5.90. The highest BCUT2D eigenvalue weighted by Crippen LogP contribution is 2.31. The standard InChI is InChI=1S/C17H24N6O3/c1-22-6-3-4-13(22)21-15-14-16(19-10-18-15)23(11-20-14)17-12(5-7-26-17)25-9-8-24-2/h10-12,17H,3-9H2,1-2H3. The minimum absolute atomic E-state index is 0.0479. The molecule has 9 heteroatoms. The van der Waals surface area contributed by atoms with Crippen LogP contribution in [0.4, 0.5) is 5.82 Å². The van der Waals surface area contributed by atoms with Crippen LogP contribution >= 0.6 is 0 Å². The van der Waals surface area contributed by atoms with Gasteiger partial charge in [0.1, 0.15) is 18.3 Å². The van der Waals surface area contributed by atoms with Gasteiger partial charge in [0.05, 0.1) is 26.1 Å². The Labute approximate surface area is 152 Å². The van der Waals surface area contributed by atoms with Gasteiger partial charge in [-0.2, -0.15) is 0 Å². The Morgan fingerprint density at radius 3 is 3.04 bits per heavy atom. The summed E-state index contributed by atoms with van der Waals surface area (Å²) in [4.78, 5) is 20.1. The van der Waals surface area contributed by atoms with E-state index in [1.807, 2.05) is 4.57 Å². The molecule has 2 atom stereocenters. The van der Waals surface area contributed by atoms with Gasteiger partial charge in [-0.15, -0.1) is 0 Å². The molecule has 0 spiro atoms. The summed E-state index contributed by atoms with van der Waals surface area (Å²) >= 11 is 0. The van der Waals surface area contributed by atoms with Crippen molar-refractivity contribution < 1.29 is 14.2 Å². The van der Waals surface area contributed by atoms with E-state index in [4.69, 9.17) is 19.2 Å². The van der Waals surface area contributed by atoms with Crippen LogP contribution in [0.2, 0.25) is 0 Å². The number of fused-ring (bicyclic) bond motifs is 1. The van der Waals surface area contributed by atoms with E-state index in [1.54, 1.807) is 13.4 Å². The summed E-state index contributed by atoms with van der Waals surface area (Å²) in [5, 5.41) is 0. The van der Waals surface area contributed by atoms with Crippen LogP contribution in [-0.4, -0.2) is 76.9 Å². The monoisotopic (exact) mass is 360 g/mol. The number of methoxy groups -OCH3 is 1. The Morgan fingerprint density at radius 2 is 2.23 bits per heavy atom. The first-order valence-corrected chi connectivity index (χ1v) is 8.96. The van der Waals surface area contributed by atoms with E-state index >= 15 is 0 Å². The Bertz CT molecular complexity index is 792. The zero-order valence-electron chi connectivity index (χ0n) is 15.2. The second-order valence-electron chi connectivity index (χ2n) is 6.53. The molecule has 0 aliphatic carbocycles. The lowest BCUT2D eigenvalue weighted by Gasteiger charge is -2.20. The topological polar surface area (TPSA) is 86.9 Å². The summed E-state index contributed by atoms with van der Waals surface area (Å²) < 4.78 is 18.8. The van der Waals surface area contributed by atoms with Crippen LogP contribution < -0.4 is 0 Å². The summed E-state index contributed by atoms with van der Waals surface area (Å²) in [6.45, 7) is 2.77. The number of amidine groups is 1. The van der Waals surface area contributed by atoms with Crippen LogP contribution in [0.5, 0.6) is 0 Å². The second-order valence-corrected chi connectivity index (χ2v) is 6.53. The van der Waals surface area contributed by atoms with Crippen molar-refractivity contribution in [1.29, 1.82) is 0 Å². The maximum atomic E-state index is 5.90. The van der Waals surface area contributed by atoms with Crippen molar-refractivity contribution >= 4 is 22.8 Å². The highest BCUT2D eigenvalue weighted by atomic mass is 16.6. The zero-order chi connectivity index (χ0) is 17.9. The molecule has 2 unspecified atom stereocenters. The molecule has 2 aromatic rings. The summed E-state index contributed by atoms with van der Waals surface area (Å²) in [5.41, 5.74) is 1.40. The number of hydrogen-bond acceptors (Lipinski definition) is 7. The van der Waals surface area contributed by atoms with Crippen LogP contribution in [0.15, 0.2) is 17.6 Å². The van der Waals surface area contributed by atoms with Gasteiger partial charge in [0.25, 0.3) is 0 Å². The number of rotatable bonds is 6. The van der Waals surface area contributed by atoms with Gasteiger partial charge in [-0.1, -0.05) is 0 Å². The Morgan fingerprint density at radius 1 is 1.31 bits per heavy atom. The van der Waals surface area contributed by atoms with E-state index in [9.17, 15) is 0 Å². The van der Waals surface area contributed by atoms with Crippen molar-refractivity contribution in [2.75, 3.05) is 40.5 Å². The number of likely N-dealkylation sites (tertiary alicyclic amines) is 1. The lowest BCUT2D eigenvalue weighted by molar-refractivity contribution is -0.0560. The normalized spacial score (nSPS) is 25.0. The molecule has 9 nitrogen and oxygen atoms in total. The maximum Gasteiger partial charge on any atom is 0.185 e. The molecule has 0 saturated carbocycles. The highest BCUT2D eigenvalue weighted by Gasteiger charge is 2.32. The SMILES string of the molecule is COCCOC1CCOC1n1cnc2c(N=C3CCCN3C)ncnc21. The third kappa shape index (κ3) is 3.29. The molecule has 2 aliphatic heterocycles. The molecule has 2 aliphatic rings. The van der Waals surface area contributed by atoms with Gasteiger partial charge in [-0.25, -0.2) is 19.9 Å². The van der Waals surface area contributed by atoms with Crippen LogP contribution in [-0.2, 0) is 14.2 Å².